The summed E-state index contributed by atoms with van der Waals surface area (Å²) in [6, 6.07) is 1.87. The van der Waals surface area contributed by atoms with Crippen LogP contribution >= 0.6 is 11.6 Å². The standard InChI is InChI=1S/C10H14ClNO2/c1-6-4-8(13-2)10(14-3)9(11)7(6)5-12/h4H,5,12H2,1-3H3. The van der Waals surface area contributed by atoms with Crippen LogP contribution in [0.4, 0.5) is 0 Å². The highest BCUT2D eigenvalue weighted by molar-refractivity contribution is 6.33. The van der Waals surface area contributed by atoms with Gasteiger partial charge in [-0.3, -0.25) is 0 Å². The van der Waals surface area contributed by atoms with Crippen molar-refractivity contribution in [2.75, 3.05) is 14.2 Å². The van der Waals surface area contributed by atoms with Gasteiger partial charge < -0.3 is 15.2 Å². The molecule has 0 saturated carbocycles. The van der Waals surface area contributed by atoms with E-state index in [1.807, 2.05) is 13.0 Å². The molecule has 0 atom stereocenters. The average molecular weight is 216 g/mol. The lowest BCUT2D eigenvalue weighted by Gasteiger charge is -2.14. The van der Waals surface area contributed by atoms with Crippen LogP contribution in [0.25, 0.3) is 0 Å². The molecule has 0 radical (unpaired) electrons. The fourth-order valence-corrected chi connectivity index (χ4v) is 1.76. The molecule has 0 amide bonds. The number of benzene rings is 1. The van der Waals surface area contributed by atoms with Gasteiger partial charge in [-0.25, -0.2) is 0 Å². The van der Waals surface area contributed by atoms with E-state index in [1.165, 1.54) is 0 Å². The molecule has 1 rings (SSSR count). The number of nitrogens with two attached hydrogens (primary N) is 1. The van der Waals surface area contributed by atoms with Gasteiger partial charge in [0, 0.05) is 6.54 Å². The van der Waals surface area contributed by atoms with Gasteiger partial charge in [-0.2, -0.15) is 0 Å². The number of methoxy groups -OCH3 is 2. The predicted octanol–water partition coefficient (Wildman–Crippen LogP) is 2.12. The average Bonchev–Trinajstić information content (AvgIpc) is 2.17. The summed E-state index contributed by atoms with van der Waals surface area (Å²) in [6.45, 7) is 2.33. The highest BCUT2D eigenvalue weighted by Gasteiger charge is 2.14. The van der Waals surface area contributed by atoms with Crippen molar-refractivity contribution in [3.8, 4) is 11.5 Å². The Kier molecular flexibility index (Phi) is 3.61. The Bertz CT molecular complexity index is 339. The van der Waals surface area contributed by atoms with Gasteiger partial charge in [0.15, 0.2) is 11.5 Å². The Balaban J connectivity index is 3.39. The molecule has 1 aromatic rings. The van der Waals surface area contributed by atoms with Crippen molar-refractivity contribution in [2.45, 2.75) is 13.5 Å². The van der Waals surface area contributed by atoms with Gasteiger partial charge in [0.1, 0.15) is 0 Å². The maximum atomic E-state index is 6.11. The van der Waals surface area contributed by atoms with E-state index >= 15 is 0 Å². The Morgan fingerprint density at radius 2 is 2.00 bits per heavy atom. The van der Waals surface area contributed by atoms with Crippen LogP contribution in [0.15, 0.2) is 6.07 Å². The van der Waals surface area contributed by atoms with E-state index in [2.05, 4.69) is 0 Å². The van der Waals surface area contributed by atoms with Crippen molar-refractivity contribution in [3.63, 3.8) is 0 Å². The quantitative estimate of drug-likeness (QED) is 0.840. The zero-order valence-electron chi connectivity index (χ0n) is 8.56. The molecule has 78 valence electrons. The molecule has 4 heteroatoms. The van der Waals surface area contributed by atoms with Crippen molar-refractivity contribution in [1.82, 2.24) is 0 Å². The van der Waals surface area contributed by atoms with E-state index in [9.17, 15) is 0 Å². The summed E-state index contributed by atoms with van der Waals surface area (Å²) in [7, 11) is 3.13. The van der Waals surface area contributed by atoms with Crippen molar-refractivity contribution < 1.29 is 9.47 Å². The molecule has 3 nitrogen and oxygen atoms in total. The molecule has 0 unspecified atom stereocenters. The highest BCUT2D eigenvalue weighted by Crippen LogP contribution is 2.38. The molecule has 0 aliphatic rings. The first-order chi connectivity index (χ1) is 6.65. The maximum absolute atomic E-state index is 6.11. The van der Waals surface area contributed by atoms with Crippen molar-refractivity contribution >= 4 is 11.6 Å². The Morgan fingerprint density at radius 3 is 2.43 bits per heavy atom. The number of hydrogen-bond acceptors (Lipinski definition) is 3. The third-order valence-electron chi connectivity index (χ3n) is 2.14. The molecule has 0 aliphatic carbocycles. The van der Waals surface area contributed by atoms with E-state index in [0.29, 0.717) is 23.1 Å². The van der Waals surface area contributed by atoms with E-state index in [1.54, 1.807) is 14.2 Å². The first-order valence-electron chi connectivity index (χ1n) is 4.25. The topological polar surface area (TPSA) is 44.5 Å². The second kappa shape index (κ2) is 4.53. The van der Waals surface area contributed by atoms with Crippen LogP contribution < -0.4 is 15.2 Å². The first-order valence-corrected chi connectivity index (χ1v) is 4.63. The summed E-state index contributed by atoms with van der Waals surface area (Å²) >= 11 is 6.11. The van der Waals surface area contributed by atoms with Gasteiger partial charge in [-0.1, -0.05) is 11.6 Å². The Labute approximate surface area is 88.8 Å². The summed E-state index contributed by atoms with van der Waals surface area (Å²) < 4.78 is 10.3. The largest absolute Gasteiger partial charge is 0.493 e. The molecule has 0 aliphatic heterocycles. The highest BCUT2D eigenvalue weighted by atomic mass is 35.5. The molecule has 0 heterocycles. The molecule has 14 heavy (non-hydrogen) atoms. The number of hydrogen-bond donors (Lipinski definition) is 1. The van der Waals surface area contributed by atoms with Gasteiger partial charge >= 0.3 is 0 Å². The van der Waals surface area contributed by atoms with Crippen molar-refractivity contribution in [2.24, 2.45) is 5.73 Å². The molecular weight excluding hydrogens is 202 g/mol. The smallest absolute Gasteiger partial charge is 0.179 e. The van der Waals surface area contributed by atoms with Gasteiger partial charge in [0.2, 0.25) is 0 Å². The number of halogens is 1. The third-order valence-corrected chi connectivity index (χ3v) is 2.54. The molecule has 0 spiro atoms. The maximum Gasteiger partial charge on any atom is 0.179 e. The number of rotatable bonds is 3. The van der Waals surface area contributed by atoms with E-state index in [-0.39, 0.29) is 0 Å². The second-order valence-electron chi connectivity index (χ2n) is 2.93. The summed E-state index contributed by atoms with van der Waals surface area (Å²) in [5.74, 6) is 1.17. The normalized spacial score (nSPS) is 10.1. The lowest BCUT2D eigenvalue weighted by atomic mass is 10.1. The molecule has 0 bridgehead atoms. The fraction of sp³-hybridized carbons (Fsp3) is 0.400. The zero-order valence-corrected chi connectivity index (χ0v) is 9.31. The monoisotopic (exact) mass is 215 g/mol. The van der Waals surface area contributed by atoms with Crippen LogP contribution in [0, 0.1) is 6.92 Å². The third kappa shape index (κ3) is 1.79. The van der Waals surface area contributed by atoms with Crippen molar-refractivity contribution in [3.05, 3.63) is 22.2 Å². The van der Waals surface area contributed by atoms with Crippen LogP contribution in [-0.4, -0.2) is 14.2 Å². The minimum atomic E-state index is 0.394. The molecule has 0 fully saturated rings. The van der Waals surface area contributed by atoms with Crippen LogP contribution in [-0.2, 0) is 6.54 Å². The van der Waals surface area contributed by atoms with Gasteiger partial charge in [-0.05, 0) is 24.1 Å². The minimum absolute atomic E-state index is 0.394. The van der Waals surface area contributed by atoms with Crippen LogP contribution in [0.5, 0.6) is 11.5 Å². The van der Waals surface area contributed by atoms with Gasteiger partial charge in [0.25, 0.3) is 0 Å². The van der Waals surface area contributed by atoms with E-state index < -0.39 is 0 Å². The van der Waals surface area contributed by atoms with Gasteiger partial charge in [-0.15, -0.1) is 0 Å². The lowest BCUT2D eigenvalue weighted by Crippen LogP contribution is -2.03. The Hall–Kier alpha value is -0.930. The number of ether oxygens (including phenoxy) is 2. The zero-order chi connectivity index (χ0) is 10.7. The lowest BCUT2D eigenvalue weighted by molar-refractivity contribution is 0.354. The van der Waals surface area contributed by atoms with Crippen LogP contribution in [0.1, 0.15) is 11.1 Å². The first kappa shape index (κ1) is 11.1. The molecule has 1 aromatic carbocycles. The SMILES string of the molecule is COc1cc(C)c(CN)c(Cl)c1OC. The summed E-state index contributed by atoms with van der Waals surface area (Å²) in [5, 5.41) is 0.534. The molecule has 2 N–H and O–H groups in total. The van der Waals surface area contributed by atoms with Crippen LogP contribution in [0.3, 0.4) is 0 Å². The molecule has 0 aromatic heterocycles. The van der Waals surface area contributed by atoms with E-state index in [0.717, 1.165) is 11.1 Å². The van der Waals surface area contributed by atoms with Crippen molar-refractivity contribution in [1.29, 1.82) is 0 Å². The Morgan fingerprint density at radius 1 is 1.36 bits per heavy atom. The number of aryl methyl sites for hydroxylation is 1. The minimum Gasteiger partial charge on any atom is -0.493 e. The van der Waals surface area contributed by atoms with Crippen LogP contribution in [0.2, 0.25) is 5.02 Å². The summed E-state index contributed by atoms with van der Waals surface area (Å²) in [5.41, 5.74) is 7.49. The van der Waals surface area contributed by atoms with E-state index in [4.69, 9.17) is 26.8 Å². The summed E-state index contributed by atoms with van der Waals surface area (Å²) in [6.07, 6.45) is 0. The predicted molar refractivity (Wildman–Crippen MR) is 57.2 cm³/mol. The molecule has 0 saturated heterocycles. The second-order valence-corrected chi connectivity index (χ2v) is 3.30. The summed E-state index contributed by atoms with van der Waals surface area (Å²) in [4.78, 5) is 0. The van der Waals surface area contributed by atoms with Gasteiger partial charge in [0.05, 0.1) is 19.2 Å². The molecular formula is C10H14ClNO2. The fourth-order valence-electron chi connectivity index (χ4n) is 1.36.